The minimum Gasteiger partial charge on any atom is -0.348 e. The minimum absolute atomic E-state index is 0.0354. The molecule has 3 rings (SSSR count). The zero-order valence-corrected chi connectivity index (χ0v) is 12.4. The van der Waals surface area contributed by atoms with Crippen molar-refractivity contribution in [1.82, 2.24) is 25.1 Å². The van der Waals surface area contributed by atoms with Gasteiger partial charge in [-0.15, -0.1) is 0 Å². The fourth-order valence-corrected chi connectivity index (χ4v) is 2.21. The van der Waals surface area contributed by atoms with E-state index in [1.54, 1.807) is 23.1 Å². The quantitative estimate of drug-likeness (QED) is 0.799. The molecule has 0 saturated carbocycles. The molecule has 0 atom stereocenters. The standard InChI is InChI=1S/C16H14FN5O/c1-22-10-12(8-21-22)15-11(3-2-5-19-15)7-20-16(23)13-4-6-18-9-14(13)17/h2-6,8-10H,7H2,1H3,(H,20,23). The number of hydrogen-bond donors (Lipinski definition) is 1. The van der Waals surface area contributed by atoms with Gasteiger partial charge in [0, 0.05) is 37.7 Å². The molecule has 7 heteroatoms. The Morgan fingerprint density at radius 3 is 2.91 bits per heavy atom. The first-order valence-electron chi connectivity index (χ1n) is 6.96. The van der Waals surface area contributed by atoms with Gasteiger partial charge in [0.1, 0.15) is 0 Å². The lowest BCUT2D eigenvalue weighted by Gasteiger charge is -2.09. The van der Waals surface area contributed by atoms with E-state index in [2.05, 4.69) is 20.4 Å². The van der Waals surface area contributed by atoms with Crippen molar-refractivity contribution in [3.05, 3.63) is 66.1 Å². The molecule has 1 amide bonds. The van der Waals surface area contributed by atoms with E-state index in [9.17, 15) is 9.18 Å². The first-order valence-corrected chi connectivity index (χ1v) is 6.96. The van der Waals surface area contributed by atoms with Gasteiger partial charge in [0.2, 0.25) is 0 Å². The van der Waals surface area contributed by atoms with Crippen LogP contribution in [0.4, 0.5) is 4.39 Å². The molecule has 3 aromatic heterocycles. The summed E-state index contributed by atoms with van der Waals surface area (Å²) >= 11 is 0. The Kier molecular flexibility index (Phi) is 4.09. The van der Waals surface area contributed by atoms with Crippen LogP contribution in [0.3, 0.4) is 0 Å². The molecule has 0 radical (unpaired) electrons. The van der Waals surface area contributed by atoms with Crippen LogP contribution >= 0.6 is 0 Å². The molecule has 0 saturated heterocycles. The summed E-state index contributed by atoms with van der Waals surface area (Å²) in [7, 11) is 1.82. The van der Waals surface area contributed by atoms with Crippen molar-refractivity contribution in [2.75, 3.05) is 0 Å². The molecule has 0 aliphatic heterocycles. The number of halogens is 1. The summed E-state index contributed by atoms with van der Waals surface area (Å²) in [5, 5.41) is 6.82. The third-order valence-corrected chi connectivity index (χ3v) is 3.33. The van der Waals surface area contributed by atoms with Crippen molar-refractivity contribution in [2.24, 2.45) is 7.05 Å². The molecular weight excluding hydrogens is 297 g/mol. The topological polar surface area (TPSA) is 72.7 Å². The molecule has 0 aliphatic rings. The van der Waals surface area contributed by atoms with Gasteiger partial charge in [-0.05, 0) is 17.7 Å². The molecular formula is C16H14FN5O. The zero-order valence-electron chi connectivity index (χ0n) is 12.4. The molecule has 0 fully saturated rings. The van der Waals surface area contributed by atoms with Crippen LogP contribution in [-0.2, 0) is 13.6 Å². The third-order valence-electron chi connectivity index (χ3n) is 3.33. The maximum Gasteiger partial charge on any atom is 0.254 e. The fraction of sp³-hybridized carbons (Fsp3) is 0.125. The second kappa shape index (κ2) is 6.35. The second-order valence-electron chi connectivity index (χ2n) is 4.95. The van der Waals surface area contributed by atoms with Crippen LogP contribution in [0.25, 0.3) is 11.3 Å². The summed E-state index contributed by atoms with van der Waals surface area (Å²) in [5.41, 5.74) is 2.37. The monoisotopic (exact) mass is 311 g/mol. The average molecular weight is 311 g/mol. The third kappa shape index (κ3) is 3.23. The predicted octanol–water partition coefficient (Wildman–Crippen LogP) is 1.95. The SMILES string of the molecule is Cn1cc(-c2ncccc2CNC(=O)c2ccncc2F)cn1. The van der Waals surface area contributed by atoms with Gasteiger partial charge in [-0.1, -0.05) is 6.07 Å². The number of carbonyl (C=O) groups excluding carboxylic acids is 1. The lowest BCUT2D eigenvalue weighted by molar-refractivity contribution is 0.0946. The molecule has 0 aromatic carbocycles. The van der Waals surface area contributed by atoms with Crippen LogP contribution in [0.2, 0.25) is 0 Å². The second-order valence-corrected chi connectivity index (χ2v) is 4.95. The van der Waals surface area contributed by atoms with Crippen LogP contribution in [0.1, 0.15) is 15.9 Å². The van der Waals surface area contributed by atoms with Gasteiger partial charge < -0.3 is 5.32 Å². The summed E-state index contributed by atoms with van der Waals surface area (Å²) in [5.74, 6) is -1.14. The van der Waals surface area contributed by atoms with E-state index in [0.717, 1.165) is 23.0 Å². The van der Waals surface area contributed by atoms with Gasteiger partial charge in [-0.3, -0.25) is 19.4 Å². The summed E-state index contributed by atoms with van der Waals surface area (Å²) < 4.78 is 15.2. The Bertz CT molecular complexity index is 846. The highest BCUT2D eigenvalue weighted by molar-refractivity contribution is 5.94. The molecule has 1 N–H and O–H groups in total. The molecule has 116 valence electrons. The van der Waals surface area contributed by atoms with Crippen LogP contribution in [0, 0.1) is 5.82 Å². The summed E-state index contributed by atoms with van der Waals surface area (Å²) in [4.78, 5) is 20.0. The molecule has 0 aliphatic carbocycles. The highest BCUT2D eigenvalue weighted by Gasteiger charge is 2.13. The molecule has 0 unspecified atom stereocenters. The Hall–Kier alpha value is -3.09. The van der Waals surface area contributed by atoms with Gasteiger partial charge in [-0.2, -0.15) is 5.10 Å². The Morgan fingerprint density at radius 2 is 2.17 bits per heavy atom. The first kappa shape index (κ1) is 14.8. The van der Waals surface area contributed by atoms with E-state index in [4.69, 9.17) is 0 Å². The molecule has 3 heterocycles. The maximum absolute atomic E-state index is 13.6. The maximum atomic E-state index is 13.6. The van der Waals surface area contributed by atoms with E-state index in [-0.39, 0.29) is 12.1 Å². The van der Waals surface area contributed by atoms with Gasteiger partial charge in [0.15, 0.2) is 5.82 Å². The number of aryl methyl sites for hydroxylation is 1. The number of amides is 1. The Balaban J connectivity index is 1.79. The van der Waals surface area contributed by atoms with Crippen molar-refractivity contribution in [3.63, 3.8) is 0 Å². The van der Waals surface area contributed by atoms with Gasteiger partial charge in [-0.25, -0.2) is 4.39 Å². The highest BCUT2D eigenvalue weighted by atomic mass is 19.1. The van der Waals surface area contributed by atoms with E-state index in [1.165, 1.54) is 12.3 Å². The van der Waals surface area contributed by atoms with E-state index in [0.29, 0.717) is 0 Å². The Labute approximate surface area is 132 Å². The van der Waals surface area contributed by atoms with E-state index >= 15 is 0 Å². The van der Waals surface area contributed by atoms with Crippen molar-refractivity contribution in [2.45, 2.75) is 6.54 Å². The average Bonchev–Trinajstić information content (AvgIpc) is 2.99. The number of pyridine rings is 2. The largest absolute Gasteiger partial charge is 0.348 e. The number of hydrogen-bond acceptors (Lipinski definition) is 4. The van der Waals surface area contributed by atoms with Crippen LogP contribution < -0.4 is 5.32 Å². The molecule has 6 nitrogen and oxygen atoms in total. The minimum atomic E-state index is -0.649. The summed E-state index contributed by atoms with van der Waals surface area (Å²) in [6.07, 6.45) is 7.62. The van der Waals surface area contributed by atoms with Crippen molar-refractivity contribution >= 4 is 5.91 Å². The first-order chi connectivity index (χ1) is 11.1. The van der Waals surface area contributed by atoms with E-state index in [1.807, 2.05) is 19.3 Å². The number of rotatable bonds is 4. The number of nitrogens with one attached hydrogen (secondary N) is 1. The highest BCUT2D eigenvalue weighted by Crippen LogP contribution is 2.20. The summed E-state index contributed by atoms with van der Waals surface area (Å²) in [6.45, 7) is 0.235. The van der Waals surface area contributed by atoms with Crippen LogP contribution in [-0.4, -0.2) is 25.7 Å². The molecule has 0 bridgehead atoms. The van der Waals surface area contributed by atoms with Gasteiger partial charge in [0.05, 0.1) is 23.7 Å². The van der Waals surface area contributed by atoms with E-state index < -0.39 is 11.7 Å². The van der Waals surface area contributed by atoms with Gasteiger partial charge in [0.25, 0.3) is 5.91 Å². The van der Waals surface area contributed by atoms with Gasteiger partial charge >= 0.3 is 0 Å². The zero-order chi connectivity index (χ0) is 16.2. The van der Waals surface area contributed by atoms with Crippen LogP contribution in [0.5, 0.6) is 0 Å². The number of nitrogens with zero attached hydrogens (tertiary/aromatic N) is 4. The smallest absolute Gasteiger partial charge is 0.254 e. The van der Waals surface area contributed by atoms with Crippen LogP contribution in [0.15, 0.2) is 49.2 Å². The lowest BCUT2D eigenvalue weighted by Crippen LogP contribution is -2.24. The lowest BCUT2D eigenvalue weighted by atomic mass is 10.1. The summed E-state index contributed by atoms with van der Waals surface area (Å²) in [6, 6.07) is 4.99. The Morgan fingerprint density at radius 1 is 1.30 bits per heavy atom. The van der Waals surface area contributed by atoms with Crippen molar-refractivity contribution in [1.29, 1.82) is 0 Å². The fourth-order valence-electron chi connectivity index (χ4n) is 2.21. The molecule has 23 heavy (non-hydrogen) atoms. The number of carbonyl (C=O) groups is 1. The molecule has 0 spiro atoms. The normalized spacial score (nSPS) is 10.5. The van der Waals surface area contributed by atoms with Crippen molar-refractivity contribution < 1.29 is 9.18 Å². The van der Waals surface area contributed by atoms with Crippen molar-refractivity contribution in [3.8, 4) is 11.3 Å². The number of aromatic nitrogens is 4. The molecule has 3 aromatic rings. The predicted molar refractivity (Wildman–Crippen MR) is 81.8 cm³/mol.